The number of benzene rings is 1. The predicted molar refractivity (Wildman–Crippen MR) is 91.4 cm³/mol. The number of carbonyl (C=O) groups is 3. The first-order chi connectivity index (χ1) is 11.8. The van der Waals surface area contributed by atoms with Gasteiger partial charge in [0.1, 0.15) is 5.75 Å². The summed E-state index contributed by atoms with van der Waals surface area (Å²) in [6.07, 6.45) is 4.35. The minimum atomic E-state index is -0.974. The molecular weight excluding hydrogens is 324 g/mol. The molecule has 0 bridgehead atoms. The highest BCUT2D eigenvalue weighted by Gasteiger charge is 2.36. The van der Waals surface area contributed by atoms with Gasteiger partial charge in [0.25, 0.3) is 5.91 Å². The largest absolute Gasteiger partial charge is 0.481 e. The maximum Gasteiger partial charge on any atom is 0.307 e. The number of aliphatic carboxylic acids is 1. The van der Waals surface area contributed by atoms with Gasteiger partial charge in [-0.15, -0.1) is 0 Å². The van der Waals surface area contributed by atoms with Gasteiger partial charge in [0.05, 0.1) is 17.5 Å². The van der Waals surface area contributed by atoms with E-state index < -0.39 is 23.4 Å². The zero-order chi connectivity index (χ0) is 18.2. The zero-order valence-corrected chi connectivity index (χ0v) is 14.0. The van der Waals surface area contributed by atoms with E-state index in [2.05, 4.69) is 10.6 Å². The van der Waals surface area contributed by atoms with Gasteiger partial charge in [-0.1, -0.05) is 12.2 Å². The van der Waals surface area contributed by atoms with E-state index in [-0.39, 0.29) is 11.8 Å². The number of ether oxygens (including phenoxy) is 1. The van der Waals surface area contributed by atoms with Crippen molar-refractivity contribution in [3.8, 4) is 5.75 Å². The van der Waals surface area contributed by atoms with Crippen molar-refractivity contribution in [1.82, 2.24) is 0 Å². The molecule has 0 radical (unpaired) electrons. The highest BCUT2D eigenvalue weighted by Crippen LogP contribution is 2.36. The summed E-state index contributed by atoms with van der Waals surface area (Å²) in [6.45, 7) is 3.34. The molecule has 3 rings (SSSR count). The number of carbonyl (C=O) groups excluding carboxylic acids is 2. The molecule has 1 heterocycles. The number of carboxylic acids is 1. The molecule has 3 N–H and O–H groups in total. The Morgan fingerprint density at radius 2 is 1.92 bits per heavy atom. The molecule has 1 aromatic rings. The van der Waals surface area contributed by atoms with Crippen molar-refractivity contribution >= 4 is 29.2 Å². The molecule has 0 saturated carbocycles. The molecule has 2 amide bonds. The van der Waals surface area contributed by atoms with Crippen LogP contribution >= 0.6 is 0 Å². The third kappa shape index (κ3) is 3.35. The lowest BCUT2D eigenvalue weighted by atomic mass is 9.82. The first kappa shape index (κ1) is 17.0. The molecule has 0 saturated heterocycles. The van der Waals surface area contributed by atoms with Gasteiger partial charge in [-0.2, -0.15) is 0 Å². The Labute approximate surface area is 145 Å². The molecule has 132 valence electrons. The second-order valence-electron chi connectivity index (χ2n) is 6.76. The number of allylic oxidation sites excluding steroid dienone is 2. The topological polar surface area (TPSA) is 105 Å². The van der Waals surface area contributed by atoms with Crippen LogP contribution in [0.2, 0.25) is 0 Å². The number of hydrogen-bond donors (Lipinski definition) is 3. The summed E-state index contributed by atoms with van der Waals surface area (Å²) >= 11 is 0. The van der Waals surface area contributed by atoms with Gasteiger partial charge in [0.15, 0.2) is 5.60 Å². The van der Waals surface area contributed by atoms with E-state index >= 15 is 0 Å². The maximum atomic E-state index is 12.5. The summed E-state index contributed by atoms with van der Waals surface area (Å²) in [5.41, 5.74) is -0.00697. The van der Waals surface area contributed by atoms with Crippen molar-refractivity contribution < 1.29 is 24.2 Å². The Bertz CT molecular complexity index is 769. The molecule has 0 spiro atoms. The molecular formula is C18H20N2O5. The van der Waals surface area contributed by atoms with Crippen LogP contribution in [0.15, 0.2) is 30.4 Å². The average Bonchev–Trinajstić information content (AvgIpc) is 2.56. The van der Waals surface area contributed by atoms with E-state index in [1.54, 1.807) is 38.1 Å². The third-order valence-corrected chi connectivity index (χ3v) is 4.49. The fraction of sp³-hybridized carbons (Fsp3) is 0.389. The Hall–Kier alpha value is -2.83. The van der Waals surface area contributed by atoms with E-state index in [0.717, 1.165) is 0 Å². The van der Waals surface area contributed by atoms with Crippen molar-refractivity contribution in [2.24, 2.45) is 11.8 Å². The van der Waals surface area contributed by atoms with Gasteiger partial charge in [-0.25, -0.2) is 0 Å². The van der Waals surface area contributed by atoms with E-state index in [0.29, 0.717) is 30.0 Å². The van der Waals surface area contributed by atoms with Crippen LogP contribution in [0.1, 0.15) is 26.7 Å². The smallest absolute Gasteiger partial charge is 0.307 e. The second kappa shape index (κ2) is 6.23. The Balaban J connectivity index is 1.77. The third-order valence-electron chi connectivity index (χ3n) is 4.49. The van der Waals surface area contributed by atoms with Crippen molar-refractivity contribution in [3.05, 3.63) is 30.4 Å². The normalized spacial score (nSPS) is 23.8. The number of hydrogen-bond acceptors (Lipinski definition) is 4. The number of rotatable bonds is 3. The molecule has 7 nitrogen and oxygen atoms in total. The Morgan fingerprint density at radius 3 is 2.60 bits per heavy atom. The van der Waals surface area contributed by atoms with Crippen molar-refractivity contribution in [1.29, 1.82) is 0 Å². The molecule has 25 heavy (non-hydrogen) atoms. The summed E-state index contributed by atoms with van der Waals surface area (Å²) in [5, 5.41) is 14.8. The molecule has 1 aliphatic heterocycles. The number of anilines is 2. The second-order valence-corrected chi connectivity index (χ2v) is 6.76. The van der Waals surface area contributed by atoms with Crippen LogP contribution < -0.4 is 15.4 Å². The predicted octanol–water partition coefficient (Wildman–Crippen LogP) is 2.40. The molecule has 0 aromatic heterocycles. The van der Waals surface area contributed by atoms with Gasteiger partial charge < -0.3 is 20.5 Å². The van der Waals surface area contributed by atoms with Crippen molar-refractivity contribution in [3.63, 3.8) is 0 Å². The fourth-order valence-electron chi connectivity index (χ4n) is 3.00. The first-order valence-corrected chi connectivity index (χ1v) is 8.11. The molecule has 1 aliphatic carbocycles. The van der Waals surface area contributed by atoms with E-state index in [9.17, 15) is 19.5 Å². The van der Waals surface area contributed by atoms with Crippen LogP contribution in [-0.2, 0) is 14.4 Å². The fourth-order valence-corrected chi connectivity index (χ4v) is 3.00. The summed E-state index contributed by atoms with van der Waals surface area (Å²) in [4.78, 5) is 35.8. The van der Waals surface area contributed by atoms with E-state index in [1.165, 1.54) is 0 Å². The van der Waals surface area contributed by atoms with Gasteiger partial charge in [0.2, 0.25) is 5.91 Å². The SMILES string of the molecule is CC1(C)Oc2ccc(NC(=O)[C@@H]3CC=CC[C@@H]3C(=O)O)cc2NC1=O. The van der Waals surface area contributed by atoms with Crippen LogP contribution in [-0.4, -0.2) is 28.5 Å². The van der Waals surface area contributed by atoms with E-state index in [4.69, 9.17) is 4.74 Å². The molecule has 1 aromatic carbocycles. The van der Waals surface area contributed by atoms with Crippen molar-refractivity contribution in [2.75, 3.05) is 10.6 Å². The number of amides is 2. The Kier molecular flexibility index (Phi) is 4.24. The highest BCUT2D eigenvalue weighted by atomic mass is 16.5. The molecule has 7 heteroatoms. The molecule has 0 fully saturated rings. The lowest BCUT2D eigenvalue weighted by Gasteiger charge is -2.31. The van der Waals surface area contributed by atoms with Gasteiger partial charge >= 0.3 is 5.97 Å². The van der Waals surface area contributed by atoms with Crippen molar-refractivity contribution in [2.45, 2.75) is 32.3 Å². The molecule has 2 aliphatic rings. The molecule has 0 unspecified atom stereocenters. The summed E-state index contributed by atoms with van der Waals surface area (Å²) in [7, 11) is 0. The summed E-state index contributed by atoms with van der Waals surface area (Å²) in [6, 6.07) is 4.94. The minimum Gasteiger partial charge on any atom is -0.481 e. The van der Waals surface area contributed by atoms with Gasteiger partial charge in [0, 0.05) is 5.69 Å². The summed E-state index contributed by atoms with van der Waals surface area (Å²) in [5.74, 6) is -2.42. The maximum absolute atomic E-state index is 12.5. The number of carboxylic acid groups (broad SMARTS) is 1. The zero-order valence-electron chi connectivity index (χ0n) is 14.0. The average molecular weight is 344 g/mol. The lowest BCUT2D eigenvalue weighted by molar-refractivity contribution is -0.146. The standard InChI is InChI=1S/C18H20N2O5/c1-18(2)17(24)20-13-9-10(7-8-14(13)25-18)19-15(21)11-5-3-4-6-12(11)16(22)23/h3-4,7-9,11-12H,5-6H2,1-2H3,(H,19,21)(H,20,24)(H,22,23)/t11-,12+/m1/s1. The first-order valence-electron chi connectivity index (χ1n) is 8.11. The van der Waals surface area contributed by atoms with Crippen LogP contribution in [0, 0.1) is 11.8 Å². The van der Waals surface area contributed by atoms with Crippen LogP contribution in [0.25, 0.3) is 0 Å². The summed E-state index contributed by atoms with van der Waals surface area (Å²) < 4.78 is 5.64. The Morgan fingerprint density at radius 1 is 1.24 bits per heavy atom. The quantitative estimate of drug-likeness (QED) is 0.730. The van der Waals surface area contributed by atoms with E-state index in [1.807, 2.05) is 6.08 Å². The van der Waals surface area contributed by atoms with Crippen LogP contribution in [0.4, 0.5) is 11.4 Å². The monoisotopic (exact) mass is 344 g/mol. The van der Waals surface area contributed by atoms with Gasteiger partial charge in [-0.3, -0.25) is 14.4 Å². The minimum absolute atomic E-state index is 0.271. The highest BCUT2D eigenvalue weighted by molar-refractivity contribution is 6.02. The molecule has 2 atom stereocenters. The number of fused-ring (bicyclic) bond motifs is 1. The van der Waals surface area contributed by atoms with Crippen LogP contribution in [0.3, 0.4) is 0 Å². The van der Waals surface area contributed by atoms with Crippen LogP contribution in [0.5, 0.6) is 5.75 Å². The van der Waals surface area contributed by atoms with Gasteiger partial charge in [-0.05, 0) is 44.9 Å². The lowest BCUT2D eigenvalue weighted by Crippen LogP contribution is -2.45. The number of nitrogens with one attached hydrogen (secondary N) is 2.